The fourth-order valence-electron chi connectivity index (χ4n) is 3.42. The fraction of sp³-hybridized carbons (Fsp3) is 0.160. The number of carbonyl (C=O) groups excluding carboxylic acids is 1. The Hall–Kier alpha value is -2.62. The average molecular weight is 602 g/mol. The number of thioether (sulfide) groups is 1. The summed E-state index contributed by atoms with van der Waals surface area (Å²) in [7, 11) is 1.64. The molecule has 0 aliphatic rings. The third-order valence-corrected chi connectivity index (χ3v) is 7.20. The van der Waals surface area contributed by atoms with Crippen molar-refractivity contribution in [1.29, 1.82) is 0 Å². The second-order valence-corrected chi connectivity index (χ2v) is 10.3. The lowest BCUT2D eigenvalue weighted by atomic mass is 10.1. The number of aryl methyl sites for hydroxylation is 2. The Morgan fingerprint density at radius 2 is 1.71 bits per heavy atom. The van der Waals surface area contributed by atoms with E-state index in [0.29, 0.717) is 16.7 Å². The minimum absolute atomic E-state index is 0.142. The molecule has 0 unspecified atom stereocenters. The maximum Gasteiger partial charge on any atom is 0.234 e. The van der Waals surface area contributed by atoms with Gasteiger partial charge in [0.15, 0.2) is 11.0 Å². The van der Waals surface area contributed by atoms with Gasteiger partial charge >= 0.3 is 0 Å². The Morgan fingerprint density at radius 1 is 1.00 bits per heavy atom. The van der Waals surface area contributed by atoms with Gasteiger partial charge in [0, 0.05) is 20.2 Å². The average Bonchev–Trinajstić information content (AvgIpc) is 3.24. The molecular formula is C25H22Br2N4O2S. The molecule has 4 aromatic rings. The Kier molecular flexibility index (Phi) is 7.75. The van der Waals surface area contributed by atoms with Crippen molar-refractivity contribution in [2.75, 3.05) is 18.2 Å². The molecule has 0 aliphatic heterocycles. The maximum absolute atomic E-state index is 12.8. The first-order chi connectivity index (χ1) is 16.4. The van der Waals surface area contributed by atoms with Crippen molar-refractivity contribution >= 4 is 55.2 Å². The SMILES string of the molecule is COc1ccc(-n2c(SCC(=O)Nc3c(Br)cc(C)cc3Br)nnc2-c2cccc(C)c2)cc1. The van der Waals surface area contributed by atoms with Gasteiger partial charge < -0.3 is 10.1 Å². The summed E-state index contributed by atoms with van der Waals surface area (Å²) >= 11 is 8.38. The van der Waals surface area contributed by atoms with Crippen LogP contribution in [-0.4, -0.2) is 33.5 Å². The van der Waals surface area contributed by atoms with E-state index in [2.05, 4.69) is 53.4 Å². The highest BCUT2D eigenvalue weighted by Gasteiger charge is 2.18. The van der Waals surface area contributed by atoms with Gasteiger partial charge in [0.2, 0.25) is 5.91 Å². The molecule has 1 amide bonds. The zero-order valence-corrected chi connectivity index (χ0v) is 22.8. The molecule has 174 valence electrons. The number of ether oxygens (including phenoxy) is 1. The number of hydrogen-bond acceptors (Lipinski definition) is 5. The number of anilines is 1. The summed E-state index contributed by atoms with van der Waals surface area (Å²) < 4.78 is 8.91. The molecule has 1 aromatic heterocycles. The third-order valence-electron chi connectivity index (χ3n) is 5.02. The van der Waals surface area contributed by atoms with Gasteiger partial charge in [-0.15, -0.1) is 10.2 Å². The molecule has 0 atom stereocenters. The van der Waals surface area contributed by atoms with E-state index in [4.69, 9.17) is 4.74 Å². The summed E-state index contributed by atoms with van der Waals surface area (Å²) in [4.78, 5) is 12.8. The van der Waals surface area contributed by atoms with Gasteiger partial charge in [0.1, 0.15) is 5.75 Å². The molecule has 9 heteroatoms. The summed E-state index contributed by atoms with van der Waals surface area (Å²) in [6, 6.07) is 19.7. The molecule has 3 aromatic carbocycles. The van der Waals surface area contributed by atoms with E-state index in [-0.39, 0.29) is 11.7 Å². The van der Waals surface area contributed by atoms with Crippen LogP contribution in [0.4, 0.5) is 5.69 Å². The minimum atomic E-state index is -0.142. The number of carbonyl (C=O) groups is 1. The number of amides is 1. The molecule has 0 bridgehead atoms. The molecular weight excluding hydrogens is 580 g/mol. The van der Waals surface area contributed by atoms with E-state index in [9.17, 15) is 4.79 Å². The molecule has 0 fully saturated rings. The van der Waals surface area contributed by atoms with E-state index in [1.807, 2.05) is 73.0 Å². The Labute approximate surface area is 219 Å². The first-order valence-corrected chi connectivity index (χ1v) is 13.0. The van der Waals surface area contributed by atoms with Crippen LogP contribution >= 0.6 is 43.6 Å². The van der Waals surface area contributed by atoms with Gasteiger partial charge in [0.05, 0.1) is 18.6 Å². The van der Waals surface area contributed by atoms with Crippen molar-refractivity contribution in [3.8, 4) is 22.8 Å². The van der Waals surface area contributed by atoms with Crippen LogP contribution in [0, 0.1) is 13.8 Å². The highest BCUT2D eigenvalue weighted by Crippen LogP contribution is 2.33. The summed E-state index contributed by atoms with van der Waals surface area (Å²) in [5, 5.41) is 12.5. The zero-order valence-electron chi connectivity index (χ0n) is 18.8. The number of hydrogen-bond donors (Lipinski definition) is 1. The largest absolute Gasteiger partial charge is 0.497 e. The van der Waals surface area contributed by atoms with Crippen LogP contribution in [0.25, 0.3) is 17.1 Å². The van der Waals surface area contributed by atoms with Gasteiger partial charge in [0.25, 0.3) is 0 Å². The van der Waals surface area contributed by atoms with E-state index in [1.54, 1.807) is 7.11 Å². The number of halogens is 2. The highest BCUT2D eigenvalue weighted by molar-refractivity contribution is 9.11. The van der Waals surface area contributed by atoms with Crippen LogP contribution in [0.3, 0.4) is 0 Å². The highest BCUT2D eigenvalue weighted by atomic mass is 79.9. The molecule has 1 heterocycles. The van der Waals surface area contributed by atoms with Crippen LogP contribution in [0.1, 0.15) is 11.1 Å². The normalized spacial score (nSPS) is 10.9. The number of benzene rings is 3. The van der Waals surface area contributed by atoms with Crippen LogP contribution in [0.2, 0.25) is 0 Å². The number of rotatable bonds is 7. The lowest BCUT2D eigenvalue weighted by Gasteiger charge is -2.12. The van der Waals surface area contributed by atoms with Crippen molar-refractivity contribution < 1.29 is 9.53 Å². The minimum Gasteiger partial charge on any atom is -0.497 e. The molecule has 6 nitrogen and oxygen atoms in total. The topological polar surface area (TPSA) is 69.0 Å². The van der Waals surface area contributed by atoms with E-state index >= 15 is 0 Å². The van der Waals surface area contributed by atoms with E-state index < -0.39 is 0 Å². The standard InChI is InChI=1S/C25H22Br2N4O2S/c1-15-5-4-6-17(11-15)24-29-30-25(31(24)18-7-9-19(33-3)10-8-18)34-14-22(32)28-23-20(26)12-16(2)13-21(23)27/h4-13H,14H2,1-3H3,(H,28,32). The van der Waals surface area contributed by atoms with E-state index in [0.717, 1.165) is 37.1 Å². The van der Waals surface area contributed by atoms with E-state index in [1.165, 1.54) is 11.8 Å². The van der Waals surface area contributed by atoms with Gasteiger partial charge in [-0.05, 0) is 93.7 Å². The van der Waals surface area contributed by atoms with Crippen molar-refractivity contribution in [1.82, 2.24) is 14.8 Å². The number of aromatic nitrogens is 3. The molecule has 4 rings (SSSR count). The molecule has 0 saturated heterocycles. The summed E-state index contributed by atoms with van der Waals surface area (Å²) in [5.41, 5.74) is 4.75. The second kappa shape index (κ2) is 10.8. The second-order valence-electron chi connectivity index (χ2n) is 7.65. The van der Waals surface area contributed by atoms with Crippen LogP contribution in [0.5, 0.6) is 5.75 Å². The van der Waals surface area contributed by atoms with Crippen LogP contribution in [-0.2, 0) is 4.79 Å². The van der Waals surface area contributed by atoms with Crippen molar-refractivity contribution in [2.24, 2.45) is 0 Å². The van der Waals surface area contributed by atoms with Gasteiger partial charge in [-0.1, -0.05) is 35.5 Å². The number of nitrogens with zero attached hydrogens (tertiary/aromatic N) is 3. The van der Waals surface area contributed by atoms with Crippen LogP contribution in [0.15, 0.2) is 74.8 Å². The Morgan fingerprint density at radius 3 is 2.35 bits per heavy atom. The first kappa shape index (κ1) is 24.5. The van der Waals surface area contributed by atoms with Gasteiger partial charge in [-0.3, -0.25) is 9.36 Å². The van der Waals surface area contributed by atoms with Crippen molar-refractivity contribution in [2.45, 2.75) is 19.0 Å². The predicted molar refractivity (Wildman–Crippen MR) is 144 cm³/mol. The van der Waals surface area contributed by atoms with Crippen LogP contribution < -0.4 is 10.1 Å². The number of nitrogens with one attached hydrogen (secondary N) is 1. The third kappa shape index (κ3) is 5.54. The Bertz CT molecular complexity index is 1320. The zero-order chi connectivity index (χ0) is 24.2. The molecule has 0 aliphatic carbocycles. The predicted octanol–water partition coefficient (Wildman–Crippen LogP) is 6.82. The summed E-state index contributed by atoms with van der Waals surface area (Å²) in [5.74, 6) is 1.50. The molecule has 1 N–H and O–H groups in total. The summed E-state index contributed by atoms with van der Waals surface area (Å²) in [6.45, 7) is 4.04. The Balaban J connectivity index is 1.62. The molecule has 0 radical (unpaired) electrons. The first-order valence-electron chi connectivity index (χ1n) is 10.4. The molecule has 0 saturated carbocycles. The quantitative estimate of drug-likeness (QED) is 0.236. The molecule has 0 spiro atoms. The van der Waals surface area contributed by atoms with Gasteiger partial charge in [-0.25, -0.2) is 0 Å². The van der Waals surface area contributed by atoms with Gasteiger partial charge in [-0.2, -0.15) is 0 Å². The van der Waals surface area contributed by atoms with Crippen molar-refractivity contribution in [3.63, 3.8) is 0 Å². The number of methoxy groups -OCH3 is 1. The fourth-order valence-corrected chi connectivity index (χ4v) is 5.79. The molecule has 34 heavy (non-hydrogen) atoms. The summed E-state index contributed by atoms with van der Waals surface area (Å²) in [6.07, 6.45) is 0. The van der Waals surface area contributed by atoms with Crippen molar-refractivity contribution in [3.05, 3.63) is 80.7 Å². The monoisotopic (exact) mass is 600 g/mol. The maximum atomic E-state index is 12.8. The lowest BCUT2D eigenvalue weighted by Crippen LogP contribution is -2.15. The lowest BCUT2D eigenvalue weighted by molar-refractivity contribution is -0.113. The smallest absolute Gasteiger partial charge is 0.234 e.